The number of piperazine rings is 1. The average Bonchev–Trinajstić information content (AvgIpc) is 2.99. The van der Waals surface area contributed by atoms with Crippen LogP contribution >= 0.6 is 27.3 Å². The van der Waals surface area contributed by atoms with Gasteiger partial charge in [-0.1, -0.05) is 15.9 Å². The van der Waals surface area contributed by atoms with Crippen LogP contribution < -0.4 is 4.90 Å². The first-order valence-electron chi connectivity index (χ1n) is 7.79. The molecule has 0 saturated carbocycles. The summed E-state index contributed by atoms with van der Waals surface area (Å²) < 4.78 is 2.32. The van der Waals surface area contributed by atoms with Crippen molar-refractivity contribution in [3.8, 4) is 10.6 Å². The summed E-state index contributed by atoms with van der Waals surface area (Å²) in [5, 5.41) is 1.09. The highest BCUT2D eigenvalue weighted by Gasteiger charge is 2.14. The van der Waals surface area contributed by atoms with Gasteiger partial charge < -0.3 is 9.80 Å². The van der Waals surface area contributed by atoms with Crippen molar-refractivity contribution in [3.63, 3.8) is 0 Å². The minimum atomic E-state index is 1.07. The summed E-state index contributed by atoms with van der Waals surface area (Å²) in [6, 6.07) is 15.1. The van der Waals surface area contributed by atoms with Crippen LogP contribution in [0, 0.1) is 0 Å². The number of thiazole rings is 1. The molecule has 1 aliphatic heterocycles. The van der Waals surface area contributed by atoms with Gasteiger partial charge in [0.2, 0.25) is 0 Å². The molecule has 118 valence electrons. The van der Waals surface area contributed by atoms with Gasteiger partial charge >= 0.3 is 0 Å². The van der Waals surface area contributed by atoms with Gasteiger partial charge in [-0.2, -0.15) is 0 Å². The maximum Gasteiger partial charge on any atom is 0.124 e. The molecule has 0 aliphatic carbocycles. The fraction of sp³-hybridized carbons (Fsp3) is 0.278. The molecule has 0 N–H and O–H groups in total. The Bertz CT molecular complexity index is 820. The lowest BCUT2D eigenvalue weighted by Gasteiger charge is -2.34. The van der Waals surface area contributed by atoms with Crippen LogP contribution in [0.5, 0.6) is 0 Å². The minimum absolute atomic E-state index is 1.07. The van der Waals surface area contributed by atoms with E-state index in [2.05, 4.69) is 69.2 Å². The predicted molar refractivity (Wildman–Crippen MR) is 102 cm³/mol. The van der Waals surface area contributed by atoms with Crippen molar-refractivity contribution >= 4 is 43.2 Å². The number of hydrogen-bond acceptors (Lipinski definition) is 4. The molecule has 2 aromatic carbocycles. The van der Waals surface area contributed by atoms with Gasteiger partial charge in [-0.25, -0.2) is 4.98 Å². The van der Waals surface area contributed by atoms with E-state index < -0.39 is 0 Å². The maximum atomic E-state index is 4.75. The molecule has 1 aromatic heterocycles. The van der Waals surface area contributed by atoms with E-state index in [1.165, 1.54) is 16.0 Å². The Hall–Kier alpha value is -1.43. The number of rotatable bonds is 2. The summed E-state index contributed by atoms with van der Waals surface area (Å²) >= 11 is 5.27. The van der Waals surface area contributed by atoms with E-state index in [-0.39, 0.29) is 0 Å². The third kappa shape index (κ3) is 3.13. The van der Waals surface area contributed by atoms with Gasteiger partial charge in [0.05, 0.1) is 10.2 Å². The van der Waals surface area contributed by atoms with E-state index in [9.17, 15) is 0 Å². The van der Waals surface area contributed by atoms with Crippen molar-refractivity contribution in [1.82, 2.24) is 9.88 Å². The number of anilines is 1. The molecule has 0 bridgehead atoms. The Morgan fingerprint density at radius 1 is 1.00 bits per heavy atom. The molecule has 23 heavy (non-hydrogen) atoms. The molecule has 0 atom stereocenters. The number of benzene rings is 2. The van der Waals surface area contributed by atoms with Gasteiger partial charge in [0.25, 0.3) is 0 Å². The zero-order valence-corrected chi connectivity index (χ0v) is 15.4. The molecule has 3 nitrogen and oxygen atoms in total. The van der Waals surface area contributed by atoms with Crippen molar-refractivity contribution in [2.24, 2.45) is 0 Å². The van der Waals surface area contributed by atoms with Crippen molar-refractivity contribution in [3.05, 3.63) is 46.9 Å². The van der Waals surface area contributed by atoms with Crippen LogP contribution in [-0.4, -0.2) is 43.1 Å². The molecule has 1 aliphatic rings. The van der Waals surface area contributed by atoms with Gasteiger partial charge in [0, 0.05) is 41.9 Å². The third-order valence-corrected chi connectivity index (χ3v) is 5.89. The number of halogens is 1. The first kappa shape index (κ1) is 15.1. The topological polar surface area (TPSA) is 19.4 Å². The van der Waals surface area contributed by atoms with Crippen LogP contribution in [0.1, 0.15) is 0 Å². The Morgan fingerprint density at radius 3 is 2.48 bits per heavy atom. The van der Waals surface area contributed by atoms with Gasteiger partial charge in [0.15, 0.2) is 0 Å². The normalized spacial score (nSPS) is 16.2. The number of aromatic nitrogens is 1. The SMILES string of the molecule is CN1CCN(c2ccc(-c3nc4ccc(Br)cc4s3)cc2)CC1. The molecule has 2 heterocycles. The second-order valence-electron chi connectivity index (χ2n) is 5.97. The van der Waals surface area contributed by atoms with Crippen LogP contribution in [0.2, 0.25) is 0 Å². The largest absolute Gasteiger partial charge is 0.369 e. The van der Waals surface area contributed by atoms with Gasteiger partial charge in [0.1, 0.15) is 5.01 Å². The Balaban J connectivity index is 1.59. The van der Waals surface area contributed by atoms with Crippen LogP contribution in [0.15, 0.2) is 46.9 Å². The second-order valence-corrected chi connectivity index (χ2v) is 7.91. The molecular formula is C18H18BrN3S. The first-order chi connectivity index (χ1) is 11.2. The lowest BCUT2D eigenvalue weighted by molar-refractivity contribution is 0.313. The summed E-state index contributed by atoms with van der Waals surface area (Å²) in [7, 11) is 2.19. The summed E-state index contributed by atoms with van der Waals surface area (Å²) in [6.45, 7) is 4.47. The van der Waals surface area contributed by atoms with Crippen LogP contribution in [0.3, 0.4) is 0 Å². The number of hydrogen-bond donors (Lipinski definition) is 0. The van der Waals surface area contributed by atoms with Crippen LogP contribution in [-0.2, 0) is 0 Å². The molecule has 3 aromatic rings. The Kier molecular flexibility index (Phi) is 4.09. The number of likely N-dealkylation sites (N-methyl/N-ethyl adjacent to an activating group) is 1. The third-order valence-electron chi connectivity index (χ3n) is 4.33. The molecule has 0 spiro atoms. The van der Waals surface area contributed by atoms with Crippen molar-refractivity contribution in [2.45, 2.75) is 0 Å². The van der Waals surface area contributed by atoms with Crippen LogP contribution in [0.4, 0.5) is 5.69 Å². The fourth-order valence-electron chi connectivity index (χ4n) is 2.90. The Morgan fingerprint density at radius 2 is 1.74 bits per heavy atom. The van der Waals surface area contributed by atoms with E-state index in [1.807, 2.05) is 6.07 Å². The molecule has 0 unspecified atom stereocenters. The van der Waals surface area contributed by atoms with Gasteiger partial charge in [-0.3, -0.25) is 0 Å². The van der Waals surface area contributed by atoms with E-state index in [0.29, 0.717) is 0 Å². The summed E-state index contributed by atoms with van der Waals surface area (Å²) in [5.74, 6) is 0. The highest BCUT2D eigenvalue weighted by molar-refractivity contribution is 9.10. The van der Waals surface area contributed by atoms with Crippen molar-refractivity contribution in [1.29, 1.82) is 0 Å². The monoisotopic (exact) mass is 387 g/mol. The number of nitrogens with zero attached hydrogens (tertiary/aromatic N) is 3. The number of fused-ring (bicyclic) bond motifs is 1. The minimum Gasteiger partial charge on any atom is -0.369 e. The molecule has 1 saturated heterocycles. The zero-order chi connectivity index (χ0) is 15.8. The summed E-state index contributed by atoms with van der Waals surface area (Å²) in [5.41, 5.74) is 3.57. The lowest BCUT2D eigenvalue weighted by atomic mass is 10.2. The van der Waals surface area contributed by atoms with E-state index in [0.717, 1.165) is 41.2 Å². The summed E-state index contributed by atoms with van der Waals surface area (Å²) in [4.78, 5) is 9.59. The first-order valence-corrected chi connectivity index (χ1v) is 9.40. The standard InChI is InChI=1S/C18H18BrN3S/c1-21-8-10-22(11-9-21)15-5-2-13(3-6-15)18-20-16-7-4-14(19)12-17(16)23-18/h2-7,12H,8-11H2,1H3. The summed E-state index contributed by atoms with van der Waals surface area (Å²) in [6.07, 6.45) is 0. The zero-order valence-electron chi connectivity index (χ0n) is 13.0. The van der Waals surface area contributed by atoms with Crippen LogP contribution in [0.25, 0.3) is 20.8 Å². The molecule has 0 radical (unpaired) electrons. The second kappa shape index (κ2) is 6.23. The average molecular weight is 388 g/mol. The highest BCUT2D eigenvalue weighted by atomic mass is 79.9. The molecule has 1 fully saturated rings. The Labute approximate surface area is 148 Å². The van der Waals surface area contributed by atoms with E-state index in [1.54, 1.807) is 11.3 Å². The predicted octanol–water partition coefficient (Wildman–Crippen LogP) is 4.48. The molecule has 0 amide bonds. The highest BCUT2D eigenvalue weighted by Crippen LogP contribution is 2.32. The van der Waals surface area contributed by atoms with E-state index >= 15 is 0 Å². The van der Waals surface area contributed by atoms with Gasteiger partial charge in [-0.05, 0) is 49.5 Å². The van der Waals surface area contributed by atoms with Crippen molar-refractivity contribution in [2.75, 3.05) is 38.1 Å². The molecular weight excluding hydrogens is 370 g/mol. The van der Waals surface area contributed by atoms with Gasteiger partial charge in [-0.15, -0.1) is 11.3 Å². The van der Waals surface area contributed by atoms with Crippen molar-refractivity contribution < 1.29 is 0 Å². The smallest absolute Gasteiger partial charge is 0.124 e. The molecule has 5 heteroatoms. The van der Waals surface area contributed by atoms with E-state index in [4.69, 9.17) is 4.98 Å². The molecule has 4 rings (SSSR count). The lowest BCUT2D eigenvalue weighted by Crippen LogP contribution is -2.44. The maximum absolute atomic E-state index is 4.75. The quantitative estimate of drug-likeness (QED) is 0.646. The fourth-order valence-corrected chi connectivity index (χ4v) is 4.42.